The van der Waals surface area contributed by atoms with Crippen LogP contribution in [0.3, 0.4) is 0 Å². The third kappa shape index (κ3) is 5.11. The molecule has 0 amide bonds. The van der Waals surface area contributed by atoms with Crippen LogP contribution in [0.15, 0.2) is 65.3 Å². The van der Waals surface area contributed by atoms with Crippen molar-refractivity contribution in [1.29, 1.82) is 0 Å². The standard InChI is InChI=1S/C25H16Cl2INO5/c1-13-5-3-4-6-16(13)24(30)33-22-19(28)9-14(11-21(22)32-2)10-20-25(31)34-23(29-20)17-8-7-15(26)12-18(17)27/h3-12H,1-2H3/b20-10-. The van der Waals surface area contributed by atoms with Gasteiger partial charge >= 0.3 is 11.9 Å². The van der Waals surface area contributed by atoms with Crippen LogP contribution < -0.4 is 9.47 Å². The average molecular weight is 608 g/mol. The van der Waals surface area contributed by atoms with Gasteiger partial charge in [-0.15, -0.1) is 0 Å². The Labute approximate surface area is 219 Å². The van der Waals surface area contributed by atoms with Gasteiger partial charge in [-0.1, -0.05) is 41.4 Å². The summed E-state index contributed by atoms with van der Waals surface area (Å²) in [6.45, 7) is 1.83. The molecule has 0 spiro atoms. The number of methoxy groups -OCH3 is 1. The molecule has 0 bridgehead atoms. The van der Waals surface area contributed by atoms with Crippen molar-refractivity contribution < 1.29 is 23.8 Å². The number of nitrogens with zero attached hydrogens (tertiary/aromatic N) is 1. The van der Waals surface area contributed by atoms with Crippen molar-refractivity contribution in [2.24, 2.45) is 4.99 Å². The molecule has 34 heavy (non-hydrogen) atoms. The van der Waals surface area contributed by atoms with Gasteiger partial charge in [0.15, 0.2) is 17.2 Å². The minimum atomic E-state index is -0.620. The smallest absolute Gasteiger partial charge is 0.363 e. The zero-order valence-electron chi connectivity index (χ0n) is 17.9. The largest absolute Gasteiger partial charge is 0.493 e. The first-order valence-electron chi connectivity index (χ1n) is 9.90. The molecule has 0 atom stereocenters. The first kappa shape index (κ1) is 24.3. The van der Waals surface area contributed by atoms with Crippen LogP contribution in [0.1, 0.15) is 27.0 Å². The summed E-state index contributed by atoms with van der Waals surface area (Å²) >= 11 is 14.2. The molecule has 0 saturated carbocycles. The van der Waals surface area contributed by atoms with Crippen LogP contribution in [0, 0.1) is 10.5 Å². The average Bonchev–Trinajstić information content (AvgIpc) is 3.15. The second kappa shape index (κ2) is 10.2. The van der Waals surface area contributed by atoms with E-state index in [1.54, 1.807) is 48.5 Å². The van der Waals surface area contributed by atoms with E-state index in [2.05, 4.69) is 4.99 Å². The Bertz CT molecular complexity index is 1380. The van der Waals surface area contributed by atoms with Gasteiger partial charge in [-0.25, -0.2) is 14.6 Å². The molecule has 0 N–H and O–H groups in total. The molecule has 1 aliphatic rings. The molecule has 3 aromatic rings. The predicted molar refractivity (Wildman–Crippen MR) is 139 cm³/mol. The number of aryl methyl sites for hydroxylation is 1. The Hall–Kier alpha value is -2.88. The first-order valence-corrected chi connectivity index (χ1v) is 11.7. The maximum Gasteiger partial charge on any atom is 0.363 e. The van der Waals surface area contributed by atoms with E-state index >= 15 is 0 Å². The second-order valence-electron chi connectivity index (χ2n) is 7.20. The molecule has 172 valence electrons. The highest BCUT2D eigenvalue weighted by Gasteiger charge is 2.26. The minimum absolute atomic E-state index is 0.0864. The van der Waals surface area contributed by atoms with Gasteiger partial charge in [-0.05, 0) is 83.1 Å². The van der Waals surface area contributed by atoms with Crippen LogP contribution in [0.4, 0.5) is 0 Å². The van der Waals surface area contributed by atoms with Crippen molar-refractivity contribution in [3.63, 3.8) is 0 Å². The Morgan fingerprint density at radius 1 is 1.12 bits per heavy atom. The van der Waals surface area contributed by atoms with Crippen LogP contribution >= 0.6 is 45.8 Å². The number of esters is 2. The van der Waals surface area contributed by atoms with Gasteiger partial charge in [-0.2, -0.15) is 0 Å². The Morgan fingerprint density at radius 2 is 1.88 bits per heavy atom. The molecule has 0 saturated heterocycles. The fourth-order valence-electron chi connectivity index (χ4n) is 3.22. The fourth-order valence-corrected chi connectivity index (χ4v) is 4.44. The highest BCUT2D eigenvalue weighted by atomic mass is 127. The summed E-state index contributed by atoms with van der Waals surface area (Å²) in [6, 6.07) is 15.3. The van der Waals surface area contributed by atoms with Gasteiger partial charge in [-0.3, -0.25) is 0 Å². The summed E-state index contributed by atoms with van der Waals surface area (Å²) in [4.78, 5) is 29.4. The number of ether oxygens (including phenoxy) is 3. The van der Waals surface area contributed by atoms with Gasteiger partial charge in [0.2, 0.25) is 5.90 Å². The van der Waals surface area contributed by atoms with E-state index in [0.717, 1.165) is 5.56 Å². The lowest BCUT2D eigenvalue weighted by Gasteiger charge is -2.13. The zero-order valence-corrected chi connectivity index (χ0v) is 21.6. The summed E-state index contributed by atoms with van der Waals surface area (Å²) in [6.07, 6.45) is 1.55. The molecule has 3 aromatic carbocycles. The van der Waals surface area contributed by atoms with Crippen LogP contribution in [-0.4, -0.2) is 24.9 Å². The molecule has 9 heteroatoms. The van der Waals surface area contributed by atoms with E-state index in [-0.39, 0.29) is 17.3 Å². The molecule has 4 rings (SSSR count). The number of halogens is 3. The molecule has 1 aliphatic heterocycles. The van der Waals surface area contributed by atoms with Crippen molar-refractivity contribution in [3.05, 3.63) is 96.2 Å². The van der Waals surface area contributed by atoms with Crippen LogP contribution in [0.2, 0.25) is 10.0 Å². The summed E-state index contributed by atoms with van der Waals surface area (Å²) in [5.74, 6) is -0.413. The highest BCUT2D eigenvalue weighted by Crippen LogP contribution is 2.36. The molecule has 0 radical (unpaired) electrons. The van der Waals surface area contributed by atoms with Gasteiger partial charge in [0.05, 0.1) is 26.8 Å². The quantitative estimate of drug-likeness (QED) is 0.144. The Morgan fingerprint density at radius 3 is 2.59 bits per heavy atom. The minimum Gasteiger partial charge on any atom is -0.493 e. The first-order chi connectivity index (χ1) is 16.3. The SMILES string of the molecule is COc1cc(/C=C2\N=C(c3ccc(Cl)cc3Cl)OC2=O)cc(I)c1OC(=O)c1ccccc1C. The predicted octanol–water partition coefficient (Wildman–Crippen LogP) is 6.48. The van der Waals surface area contributed by atoms with Gasteiger partial charge in [0.1, 0.15) is 0 Å². The third-order valence-corrected chi connectivity index (χ3v) is 6.25. The molecule has 0 fully saturated rings. The molecular weight excluding hydrogens is 592 g/mol. The molecule has 0 aliphatic carbocycles. The third-order valence-electron chi connectivity index (χ3n) is 4.90. The van der Waals surface area contributed by atoms with Crippen LogP contribution in [-0.2, 0) is 9.53 Å². The number of aliphatic imine (C=N–C) groups is 1. The number of cyclic esters (lactones) is 1. The summed E-state index contributed by atoms with van der Waals surface area (Å²) < 4.78 is 17.0. The van der Waals surface area contributed by atoms with E-state index in [4.69, 9.17) is 37.4 Å². The van der Waals surface area contributed by atoms with Gasteiger partial charge < -0.3 is 14.2 Å². The fraction of sp³-hybridized carbons (Fsp3) is 0.0800. The van der Waals surface area contributed by atoms with E-state index in [1.807, 2.05) is 41.6 Å². The van der Waals surface area contributed by atoms with Gasteiger partial charge in [0.25, 0.3) is 0 Å². The lowest BCUT2D eigenvalue weighted by Crippen LogP contribution is -2.11. The number of carbonyl (C=O) groups excluding carboxylic acids is 2. The van der Waals surface area contributed by atoms with Crippen LogP contribution in [0.25, 0.3) is 6.08 Å². The topological polar surface area (TPSA) is 74.2 Å². The van der Waals surface area contributed by atoms with Crippen molar-refractivity contribution in [3.8, 4) is 11.5 Å². The number of benzene rings is 3. The summed E-state index contributed by atoms with van der Waals surface area (Å²) in [5.41, 5.74) is 2.41. The number of rotatable bonds is 5. The number of hydrogen-bond acceptors (Lipinski definition) is 6. The molecule has 1 heterocycles. The Balaban J connectivity index is 1.65. The second-order valence-corrected chi connectivity index (χ2v) is 9.20. The monoisotopic (exact) mass is 607 g/mol. The normalized spacial score (nSPS) is 14.1. The van der Waals surface area contributed by atoms with E-state index in [1.165, 1.54) is 7.11 Å². The maximum atomic E-state index is 12.7. The van der Waals surface area contributed by atoms with E-state index < -0.39 is 11.9 Å². The summed E-state index contributed by atoms with van der Waals surface area (Å²) in [5, 5.41) is 0.774. The molecule has 0 aromatic heterocycles. The summed E-state index contributed by atoms with van der Waals surface area (Å²) in [7, 11) is 1.47. The zero-order chi connectivity index (χ0) is 24.4. The van der Waals surface area contributed by atoms with Gasteiger partial charge in [0, 0.05) is 5.02 Å². The van der Waals surface area contributed by atoms with E-state index in [0.29, 0.717) is 36.1 Å². The molecule has 6 nitrogen and oxygen atoms in total. The number of hydrogen-bond donors (Lipinski definition) is 0. The number of carbonyl (C=O) groups is 2. The van der Waals surface area contributed by atoms with Crippen molar-refractivity contribution in [1.82, 2.24) is 0 Å². The van der Waals surface area contributed by atoms with Crippen LogP contribution in [0.5, 0.6) is 11.5 Å². The molecule has 0 unspecified atom stereocenters. The Kier molecular flexibility index (Phi) is 7.25. The van der Waals surface area contributed by atoms with Crippen molar-refractivity contribution >= 4 is 69.7 Å². The lowest BCUT2D eigenvalue weighted by atomic mass is 10.1. The highest BCUT2D eigenvalue weighted by molar-refractivity contribution is 14.1. The van der Waals surface area contributed by atoms with E-state index in [9.17, 15) is 9.59 Å². The van der Waals surface area contributed by atoms with Crippen molar-refractivity contribution in [2.75, 3.05) is 7.11 Å². The maximum absolute atomic E-state index is 12.7. The lowest BCUT2D eigenvalue weighted by molar-refractivity contribution is -0.129. The van der Waals surface area contributed by atoms with Crippen molar-refractivity contribution in [2.45, 2.75) is 6.92 Å². The molecular formula is C25H16Cl2INO5.